The van der Waals surface area contributed by atoms with Crippen LogP contribution < -0.4 is 15.5 Å². The summed E-state index contributed by atoms with van der Waals surface area (Å²) in [4.78, 5) is 1.55. The quantitative estimate of drug-likeness (QED) is 0.468. The predicted octanol–water partition coefficient (Wildman–Crippen LogP) is 2.11. The van der Waals surface area contributed by atoms with Crippen molar-refractivity contribution in [2.45, 2.75) is 0 Å². The van der Waals surface area contributed by atoms with Gasteiger partial charge < -0.3 is 10.2 Å². The van der Waals surface area contributed by atoms with Crippen molar-refractivity contribution in [3.8, 4) is 0 Å². The molecule has 0 saturated heterocycles. The molecule has 0 aliphatic carbocycles. The van der Waals surface area contributed by atoms with E-state index in [0.717, 1.165) is 0 Å². The van der Waals surface area contributed by atoms with Gasteiger partial charge in [0, 0.05) is 19.8 Å². The van der Waals surface area contributed by atoms with Crippen LogP contribution in [0.5, 0.6) is 0 Å². The highest BCUT2D eigenvalue weighted by Gasteiger charge is 2.09. The lowest BCUT2D eigenvalue weighted by Crippen LogP contribution is -2.45. The van der Waals surface area contributed by atoms with E-state index in [1.165, 1.54) is 0 Å². The molecule has 17 heavy (non-hydrogen) atoms. The largest absolute Gasteiger partial charge is 0.359 e. The van der Waals surface area contributed by atoms with Crippen molar-refractivity contribution in [1.29, 1.82) is 10.8 Å². The second-order valence-electron chi connectivity index (χ2n) is 3.26. The normalized spacial score (nSPS) is 9.65. The van der Waals surface area contributed by atoms with E-state index in [2.05, 4.69) is 10.6 Å². The summed E-state index contributed by atoms with van der Waals surface area (Å²) in [6.07, 6.45) is 0. The molecule has 1 rings (SSSR count). The summed E-state index contributed by atoms with van der Waals surface area (Å²) >= 11 is 11.7. The number of rotatable bonds is 1. The second-order valence-corrected chi connectivity index (χ2v) is 4.07. The second kappa shape index (κ2) is 5.75. The third-order valence-electron chi connectivity index (χ3n) is 2.12. The van der Waals surface area contributed by atoms with E-state index in [4.69, 9.17) is 34.0 Å². The van der Waals surface area contributed by atoms with Crippen LogP contribution in [0.2, 0.25) is 10.0 Å². The van der Waals surface area contributed by atoms with Gasteiger partial charge in [0.1, 0.15) is 0 Å². The lowest BCUT2D eigenvalue weighted by atomic mass is 10.3. The summed E-state index contributed by atoms with van der Waals surface area (Å²) in [5, 5.41) is 21.1. The Morgan fingerprint density at radius 1 is 1.24 bits per heavy atom. The summed E-state index contributed by atoms with van der Waals surface area (Å²) in [6, 6.07) is 5.06. The molecule has 7 heteroatoms. The van der Waals surface area contributed by atoms with Gasteiger partial charge in [-0.1, -0.05) is 23.2 Å². The number of benzene rings is 1. The zero-order valence-corrected chi connectivity index (χ0v) is 10.9. The minimum atomic E-state index is 0.0434. The van der Waals surface area contributed by atoms with Gasteiger partial charge in [-0.3, -0.25) is 16.1 Å². The first-order valence-corrected chi connectivity index (χ1v) is 5.52. The molecule has 0 fully saturated rings. The summed E-state index contributed by atoms with van der Waals surface area (Å²) in [5.74, 6) is 0.102. The molecule has 0 amide bonds. The number of hydrogen-bond donors (Lipinski definition) is 4. The van der Waals surface area contributed by atoms with Gasteiger partial charge in [-0.15, -0.1) is 0 Å². The fourth-order valence-electron chi connectivity index (χ4n) is 1.09. The molecular formula is C10H13Cl2N5. The van der Waals surface area contributed by atoms with Gasteiger partial charge in [0.25, 0.3) is 0 Å². The Labute approximate surface area is 110 Å². The molecule has 0 aliphatic heterocycles. The van der Waals surface area contributed by atoms with Crippen LogP contribution in [0.25, 0.3) is 0 Å². The molecule has 0 unspecified atom stereocenters. The molecule has 92 valence electrons. The number of guanidine groups is 2. The molecule has 0 radical (unpaired) electrons. The Bertz CT molecular complexity index is 446. The van der Waals surface area contributed by atoms with Crippen LogP contribution in [0, 0.1) is 10.8 Å². The van der Waals surface area contributed by atoms with Gasteiger partial charge in [-0.05, 0) is 18.2 Å². The predicted molar refractivity (Wildman–Crippen MR) is 72.5 cm³/mol. The van der Waals surface area contributed by atoms with Crippen LogP contribution >= 0.6 is 23.2 Å². The van der Waals surface area contributed by atoms with E-state index in [9.17, 15) is 0 Å². The van der Waals surface area contributed by atoms with Crippen molar-refractivity contribution in [3.05, 3.63) is 28.2 Å². The fourth-order valence-corrected chi connectivity index (χ4v) is 1.38. The molecule has 1 aromatic rings. The summed E-state index contributed by atoms with van der Waals surface area (Å²) in [7, 11) is 3.29. The van der Waals surface area contributed by atoms with E-state index in [-0.39, 0.29) is 11.9 Å². The van der Waals surface area contributed by atoms with Crippen LogP contribution in [-0.2, 0) is 0 Å². The minimum absolute atomic E-state index is 0.0434. The molecule has 0 bridgehead atoms. The van der Waals surface area contributed by atoms with E-state index in [1.54, 1.807) is 37.2 Å². The van der Waals surface area contributed by atoms with Crippen LogP contribution in [0.4, 0.5) is 5.69 Å². The molecular weight excluding hydrogens is 261 g/mol. The molecule has 0 saturated carbocycles. The lowest BCUT2D eigenvalue weighted by Gasteiger charge is -2.21. The third-order valence-corrected chi connectivity index (χ3v) is 2.86. The maximum absolute atomic E-state index is 7.75. The van der Waals surface area contributed by atoms with Gasteiger partial charge >= 0.3 is 0 Å². The number of nitrogens with zero attached hydrogens (tertiary/aromatic N) is 1. The van der Waals surface area contributed by atoms with E-state index < -0.39 is 0 Å². The van der Waals surface area contributed by atoms with Crippen LogP contribution in [-0.4, -0.2) is 26.0 Å². The van der Waals surface area contributed by atoms with Gasteiger partial charge in [0.05, 0.1) is 10.0 Å². The van der Waals surface area contributed by atoms with Crippen molar-refractivity contribution in [2.24, 2.45) is 0 Å². The topological polar surface area (TPSA) is 75.0 Å². The maximum atomic E-state index is 7.75. The highest BCUT2D eigenvalue weighted by Crippen LogP contribution is 2.26. The van der Waals surface area contributed by atoms with E-state index in [1.807, 2.05) is 0 Å². The first-order chi connectivity index (χ1) is 7.95. The summed E-state index contributed by atoms with van der Waals surface area (Å²) in [5.41, 5.74) is 0.709. The van der Waals surface area contributed by atoms with Gasteiger partial charge in [-0.25, -0.2) is 0 Å². The van der Waals surface area contributed by atoms with Crippen molar-refractivity contribution in [1.82, 2.24) is 10.6 Å². The Morgan fingerprint density at radius 3 is 2.41 bits per heavy atom. The molecule has 1 aromatic carbocycles. The van der Waals surface area contributed by atoms with Crippen molar-refractivity contribution in [3.63, 3.8) is 0 Å². The monoisotopic (exact) mass is 273 g/mol. The summed E-state index contributed by atoms with van der Waals surface area (Å²) in [6.45, 7) is 0. The average Bonchev–Trinajstić information content (AvgIpc) is 2.31. The van der Waals surface area contributed by atoms with E-state index in [0.29, 0.717) is 15.7 Å². The lowest BCUT2D eigenvalue weighted by molar-refractivity contribution is 1.03. The molecule has 0 heterocycles. The maximum Gasteiger partial charge on any atom is 0.202 e. The molecule has 0 aromatic heterocycles. The number of anilines is 1. The van der Waals surface area contributed by atoms with Crippen molar-refractivity contribution < 1.29 is 0 Å². The van der Waals surface area contributed by atoms with E-state index >= 15 is 0 Å². The smallest absolute Gasteiger partial charge is 0.202 e. The highest BCUT2D eigenvalue weighted by atomic mass is 35.5. The molecule has 0 spiro atoms. The number of hydrogen-bond acceptors (Lipinski definition) is 2. The Morgan fingerprint density at radius 2 is 1.88 bits per heavy atom. The molecule has 4 N–H and O–H groups in total. The van der Waals surface area contributed by atoms with Crippen molar-refractivity contribution >= 4 is 40.8 Å². The molecule has 0 aliphatic rings. The van der Waals surface area contributed by atoms with Gasteiger partial charge in [-0.2, -0.15) is 0 Å². The van der Waals surface area contributed by atoms with Crippen molar-refractivity contribution in [2.75, 3.05) is 19.0 Å². The summed E-state index contributed by atoms with van der Waals surface area (Å²) < 4.78 is 0. The first kappa shape index (κ1) is 13.6. The third kappa shape index (κ3) is 3.51. The molecule has 0 atom stereocenters. The number of nitrogens with one attached hydrogen (secondary N) is 4. The zero-order chi connectivity index (χ0) is 13.0. The molecule has 5 nitrogen and oxygen atoms in total. The van der Waals surface area contributed by atoms with Crippen LogP contribution in [0.1, 0.15) is 0 Å². The van der Waals surface area contributed by atoms with Gasteiger partial charge in [0.15, 0.2) is 5.96 Å². The fraction of sp³-hybridized carbons (Fsp3) is 0.200. The zero-order valence-electron chi connectivity index (χ0n) is 9.44. The number of halogens is 2. The van der Waals surface area contributed by atoms with Crippen LogP contribution in [0.3, 0.4) is 0 Å². The minimum Gasteiger partial charge on any atom is -0.359 e. The Kier molecular flexibility index (Phi) is 4.60. The Hall–Kier alpha value is -1.46. The average molecular weight is 274 g/mol. The standard InChI is InChI=1S/C10H13Cl2N5/c1-15-9(13)16-10(14)17(2)6-3-4-7(11)8(12)5-6/h3-5H,1-2H3,(H4,13,14,15,16). The van der Waals surface area contributed by atoms with Gasteiger partial charge in [0.2, 0.25) is 5.96 Å². The van der Waals surface area contributed by atoms with Crippen LogP contribution in [0.15, 0.2) is 18.2 Å². The Balaban J connectivity index is 2.81. The highest BCUT2D eigenvalue weighted by molar-refractivity contribution is 6.42. The first-order valence-electron chi connectivity index (χ1n) is 4.76. The SMILES string of the molecule is CNC(=N)NC(=N)N(C)c1ccc(Cl)c(Cl)c1.